The van der Waals surface area contributed by atoms with Gasteiger partial charge < -0.3 is 10.4 Å². The molecule has 0 aliphatic heterocycles. The zero-order valence-corrected chi connectivity index (χ0v) is 7.42. The minimum absolute atomic E-state index is 0.00926. The summed E-state index contributed by atoms with van der Waals surface area (Å²) in [5, 5.41) is 11.9. The molecule has 2 atom stereocenters. The van der Waals surface area contributed by atoms with Crippen molar-refractivity contribution >= 4 is 5.91 Å². The molecule has 0 radical (unpaired) electrons. The van der Waals surface area contributed by atoms with Crippen molar-refractivity contribution in [1.82, 2.24) is 5.32 Å². The standard InChI is InChI=1S/C8H17NO2/c1-4-7(10)6(3)9-8(11)5-2/h6-7,10H,4-5H2,1-3H3,(H,9,11). The van der Waals surface area contributed by atoms with Gasteiger partial charge in [0.15, 0.2) is 0 Å². The van der Waals surface area contributed by atoms with Crippen LogP contribution in [0, 0.1) is 0 Å². The lowest BCUT2D eigenvalue weighted by Gasteiger charge is -2.18. The Morgan fingerprint density at radius 2 is 2.09 bits per heavy atom. The molecule has 0 heterocycles. The Morgan fingerprint density at radius 3 is 2.45 bits per heavy atom. The molecule has 2 N–H and O–H groups in total. The SMILES string of the molecule is CCC(=O)NC(C)C(O)CC. The molecule has 0 aromatic carbocycles. The Labute approximate surface area is 67.8 Å². The van der Waals surface area contributed by atoms with Crippen molar-refractivity contribution in [2.24, 2.45) is 0 Å². The Morgan fingerprint density at radius 1 is 1.55 bits per heavy atom. The zero-order chi connectivity index (χ0) is 8.85. The first-order valence-corrected chi connectivity index (χ1v) is 4.09. The highest BCUT2D eigenvalue weighted by atomic mass is 16.3. The van der Waals surface area contributed by atoms with E-state index >= 15 is 0 Å². The molecule has 0 bridgehead atoms. The smallest absolute Gasteiger partial charge is 0.220 e. The lowest BCUT2D eigenvalue weighted by Crippen LogP contribution is -2.40. The van der Waals surface area contributed by atoms with E-state index in [1.54, 1.807) is 6.92 Å². The van der Waals surface area contributed by atoms with Gasteiger partial charge in [-0.3, -0.25) is 4.79 Å². The molecule has 0 aromatic heterocycles. The highest BCUT2D eigenvalue weighted by Crippen LogP contribution is 1.97. The second-order valence-electron chi connectivity index (χ2n) is 2.69. The molecule has 11 heavy (non-hydrogen) atoms. The van der Waals surface area contributed by atoms with Crippen LogP contribution in [0.2, 0.25) is 0 Å². The van der Waals surface area contributed by atoms with Gasteiger partial charge in [0.1, 0.15) is 0 Å². The summed E-state index contributed by atoms with van der Waals surface area (Å²) in [7, 11) is 0. The molecular weight excluding hydrogens is 142 g/mol. The lowest BCUT2D eigenvalue weighted by atomic mass is 10.1. The summed E-state index contributed by atoms with van der Waals surface area (Å²) in [5.74, 6) is -0.00926. The number of carbonyl (C=O) groups excluding carboxylic acids is 1. The van der Waals surface area contributed by atoms with Gasteiger partial charge in [-0.2, -0.15) is 0 Å². The minimum atomic E-state index is -0.425. The molecular formula is C8H17NO2. The molecule has 0 spiro atoms. The van der Waals surface area contributed by atoms with Gasteiger partial charge in [-0.1, -0.05) is 13.8 Å². The molecule has 66 valence electrons. The summed E-state index contributed by atoms with van der Waals surface area (Å²) in [6, 6.07) is -0.132. The summed E-state index contributed by atoms with van der Waals surface area (Å²) in [6.45, 7) is 5.49. The van der Waals surface area contributed by atoms with E-state index in [1.807, 2.05) is 13.8 Å². The van der Waals surface area contributed by atoms with Crippen LogP contribution in [0.15, 0.2) is 0 Å². The fourth-order valence-electron chi connectivity index (χ4n) is 0.806. The van der Waals surface area contributed by atoms with Crippen molar-refractivity contribution in [2.45, 2.75) is 45.8 Å². The summed E-state index contributed by atoms with van der Waals surface area (Å²) in [5.41, 5.74) is 0. The van der Waals surface area contributed by atoms with Crippen molar-refractivity contribution in [3.63, 3.8) is 0 Å². The van der Waals surface area contributed by atoms with E-state index in [1.165, 1.54) is 0 Å². The van der Waals surface area contributed by atoms with Crippen LogP contribution in [0.1, 0.15) is 33.6 Å². The maximum atomic E-state index is 10.8. The van der Waals surface area contributed by atoms with E-state index in [2.05, 4.69) is 5.32 Å². The number of amides is 1. The molecule has 3 nitrogen and oxygen atoms in total. The van der Waals surface area contributed by atoms with Crippen molar-refractivity contribution < 1.29 is 9.90 Å². The highest BCUT2D eigenvalue weighted by Gasteiger charge is 2.12. The van der Waals surface area contributed by atoms with Gasteiger partial charge in [0.25, 0.3) is 0 Å². The number of nitrogens with one attached hydrogen (secondary N) is 1. The first kappa shape index (κ1) is 10.4. The summed E-state index contributed by atoms with van der Waals surface area (Å²) in [6.07, 6.45) is 0.719. The van der Waals surface area contributed by atoms with Gasteiger partial charge in [-0.25, -0.2) is 0 Å². The molecule has 0 rings (SSSR count). The summed E-state index contributed by atoms with van der Waals surface area (Å²) >= 11 is 0. The average molecular weight is 159 g/mol. The number of hydrogen-bond acceptors (Lipinski definition) is 2. The van der Waals surface area contributed by atoms with Crippen LogP contribution in [0.3, 0.4) is 0 Å². The molecule has 1 amide bonds. The van der Waals surface area contributed by atoms with Crippen LogP contribution in [-0.4, -0.2) is 23.2 Å². The maximum Gasteiger partial charge on any atom is 0.220 e. The van der Waals surface area contributed by atoms with Crippen LogP contribution in [-0.2, 0) is 4.79 Å². The first-order valence-electron chi connectivity index (χ1n) is 4.09. The Bertz CT molecular complexity index is 125. The lowest BCUT2D eigenvalue weighted by molar-refractivity contribution is -0.122. The average Bonchev–Trinajstić information content (AvgIpc) is 2.02. The third-order valence-corrected chi connectivity index (χ3v) is 1.71. The number of carbonyl (C=O) groups is 1. The molecule has 0 saturated carbocycles. The quantitative estimate of drug-likeness (QED) is 0.633. The molecule has 0 fully saturated rings. The topological polar surface area (TPSA) is 49.3 Å². The third kappa shape index (κ3) is 3.98. The van der Waals surface area contributed by atoms with Crippen LogP contribution in [0.5, 0.6) is 0 Å². The monoisotopic (exact) mass is 159 g/mol. The van der Waals surface area contributed by atoms with Gasteiger partial charge in [-0.15, -0.1) is 0 Å². The van der Waals surface area contributed by atoms with Gasteiger partial charge in [-0.05, 0) is 13.3 Å². The van der Waals surface area contributed by atoms with E-state index in [4.69, 9.17) is 0 Å². The second-order valence-corrected chi connectivity index (χ2v) is 2.69. The molecule has 2 unspecified atom stereocenters. The number of aliphatic hydroxyl groups excluding tert-OH is 1. The van der Waals surface area contributed by atoms with Crippen molar-refractivity contribution in [2.75, 3.05) is 0 Å². The predicted molar refractivity (Wildman–Crippen MR) is 44.2 cm³/mol. The fourth-order valence-corrected chi connectivity index (χ4v) is 0.806. The summed E-state index contributed by atoms with van der Waals surface area (Å²) in [4.78, 5) is 10.8. The Hall–Kier alpha value is -0.570. The van der Waals surface area contributed by atoms with Gasteiger partial charge in [0.05, 0.1) is 12.1 Å². The number of rotatable bonds is 4. The fraction of sp³-hybridized carbons (Fsp3) is 0.875. The van der Waals surface area contributed by atoms with E-state index in [-0.39, 0.29) is 11.9 Å². The van der Waals surface area contributed by atoms with Crippen LogP contribution in [0.4, 0.5) is 0 Å². The predicted octanol–water partition coefficient (Wildman–Crippen LogP) is 0.672. The number of aliphatic hydroxyl groups is 1. The first-order chi connectivity index (χ1) is 5.11. The van der Waals surface area contributed by atoms with E-state index < -0.39 is 6.10 Å². The van der Waals surface area contributed by atoms with Crippen molar-refractivity contribution in [1.29, 1.82) is 0 Å². The van der Waals surface area contributed by atoms with Gasteiger partial charge in [0.2, 0.25) is 5.91 Å². The molecule has 0 aliphatic carbocycles. The van der Waals surface area contributed by atoms with Gasteiger partial charge in [0, 0.05) is 6.42 Å². The van der Waals surface area contributed by atoms with Crippen molar-refractivity contribution in [3.8, 4) is 0 Å². The largest absolute Gasteiger partial charge is 0.391 e. The highest BCUT2D eigenvalue weighted by molar-refractivity contribution is 5.75. The second kappa shape index (κ2) is 5.13. The maximum absolute atomic E-state index is 10.8. The van der Waals surface area contributed by atoms with Crippen molar-refractivity contribution in [3.05, 3.63) is 0 Å². The minimum Gasteiger partial charge on any atom is -0.391 e. The third-order valence-electron chi connectivity index (χ3n) is 1.71. The molecule has 0 aliphatic rings. The van der Waals surface area contributed by atoms with E-state index in [0.29, 0.717) is 12.8 Å². The molecule has 3 heteroatoms. The van der Waals surface area contributed by atoms with Crippen LogP contribution in [0.25, 0.3) is 0 Å². The van der Waals surface area contributed by atoms with Gasteiger partial charge >= 0.3 is 0 Å². The zero-order valence-electron chi connectivity index (χ0n) is 7.42. The number of hydrogen-bond donors (Lipinski definition) is 2. The van der Waals surface area contributed by atoms with E-state index in [9.17, 15) is 9.90 Å². The van der Waals surface area contributed by atoms with E-state index in [0.717, 1.165) is 0 Å². The van der Waals surface area contributed by atoms with Crippen LogP contribution >= 0.6 is 0 Å². The molecule has 0 saturated heterocycles. The normalized spacial score (nSPS) is 15.6. The Balaban J connectivity index is 3.67. The summed E-state index contributed by atoms with van der Waals surface area (Å²) < 4.78 is 0. The molecule has 0 aromatic rings. The Kier molecular flexibility index (Phi) is 4.86. The van der Waals surface area contributed by atoms with Crippen LogP contribution < -0.4 is 5.32 Å².